The van der Waals surface area contributed by atoms with Crippen molar-refractivity contribution in [1.29, 1.82) is 0 Å². The van der Waals surface area contributed by atoms with Gasteiger partial charge in [0, 0.05) is 44.9 Å². The van der Waals surface area contributed by atoms with Crippen molar-refractivity contribution in [2.75, 3.05) is 13.7 Å². The monoisotopic (exact) mass is 466 g/mol. The fraction of sp³-hybridized carbons (Fsp3) is 0.435. The lowest BCUT2D eigenvalue weighted by atomic mass is 9.75. The number of hydrogen-bond donors (Lipinski definition) is 1. The maximum Gasteiger partial charge on any atom is 0.222 e. The highest BCUT2D eigenvalue weighted by atomic mass is 32.1. The molecule has 0 aliphatic carbocycles. The van der Waals surface area contributed by atoms with E-state index in [1.165, 1.54) is 0 Å². The lowest BCUT2D eigenvalue weighted by Gasteiger charge is -2.50. The van der Waals surface area contributed by atoms with E-state index in [9.17, 15) is 0 Å². The first-order chi connectivity index (χ1) is 15.8. The van der Waals surface area contributed by atoms with Crippen LogP contribution in [0.5, 0.6) is 5.75 Å². The molecule has 2 atom stereocenters. The average molecular weight is 467 g/mol. The molecular formula is C23H26N6O3S. The van der Waals surface area contributed by atoms with Crippen molar-refractivity contribution in [2.24, 2.45) is 10.7 Å². The summed E-state index contributed by atoms with van der Waals surface area (Å²) in [7, 11) is 1.79. The minimum Gasteiger partial charge on any atom is -0.486 e. The van der Waals surface area contributed by atoms with Gasteiger partial charge in [0.15, 0.2) is 5.13 Å². The van der Waals surface area contributed by atoms with Crippen molar-refractivity contribution in [3.63, 3.8) is 0 Å². The van der Waals surface area contributed by atoms with Gasteiger partial charge in [-0.3, -0.25) is 4.57 Å². The normalized spacial score (nSPS) is 28.1. The molecule has 10 heteroatoms. The van der Waals surface area contributed by atoms with E-state index in [1.807, 2.05) is 23.0 Å². The standard InChI is InChI=1S/C23H26N6O3S/c1-21(2)12-22(6-9-30-21)13-23(27-19(24)28(3)32-23)16-10-15(4-5-17(16)31-22)18-11-26-20(33-18)29-8-7-25-14-29/h4-5,7-8,10-11,14H,6,9,12-13H2,1-3H3,(H2,24,27). The number of aliphatic imine (C=N–C) groups is 1. The quantitative estimate of drug-likeness (QED) is 0.617. The fourth-order valence-corrected chi connectivity index (χ4v) is 6.03. The topological polar surface area (TPSA) is 100 Å². The van der Waals surface area contributed by atoms with Gasteiger partial charge in [-0.25, -0.2) is 24.9 Å². The molecule has 1 aromatic carbocycles. The van der Waals surface area contributed by atoms with Crippen LogP contribution in [0.2, 0.25) is 0 Å². The van der Waals surface area contributed by atoms with Crippen LogP contribution >= 0.6 is 11.3 Å². The van der Waals surface area contributed by atoms with Gasteiger partial charge in [-0.2, -0.15) is 0 Å². The lowest BCUT2D eigenvalue weighted by Crippen LogP contribution is -2.55. The van der Waals surface area contributed by atoms with Crippen LogP contribution in [0.15, 0.2) is 48.1 Å². The molecular weight excluding hydrogens is 440 g/mol. The van der Waals surface area contributed by atoms with Gasteiger partial charge in [0.25, 0.3) is 0 Å². The number of guanidine groups is 1. The number of fused-ring (bicyclic) bond motifs is 2. The summed E-state index contributed by atoms with van der Waals surface area (Å²) in [6.45, 7) is 4.83. The number of aromatic nitrogens is 3. The zero-order chi connectivity index (χ0) is 22.8. The van der Waals surface area contributed by atoms with E-state index in [1.54, 1.807) is 36.0 Å². The summed E-state index contributed by atoms with van der Waals surface area (Å²) in [5.74, 6) is 1.13. The Hall–Kier alpha value is -2.95. The molecule has 2 spiro atoms. The average Bonchev–Trinajstić information content (AvgIpc) is 3.48. The number of nitrogens with two attached hydrogens (primary N) is 1. The number of rotatable bonds is 2. The summed E-state index contributed by atoms with van der Waals surface area (Å²) in [5.41, 5.74) is 6.42. The Kier molecular flexibility index (Phi) is 4.39. The molecule has 2 N–H and O–H groups in total. The summed E-state index contributed by atoms with van der Waals surface area (Å²) in [4.78, 5) is 20.9. The Morgan fingerprint density at radius 2 is 2.09 bits per heavy atom. The summed E-state index contributed by atoms with van der Waals surface area (Å²) in [5, 5.41) is 2.40. The van der Waals surface area contributed by atoms with E-state index >= 15 is 0 Å². The third-order valence-electron chi connectivity index (χ3n) is 6.50. The predicted molar refractivity (Wildman–Crippen MR) is 124 cm³/mol. The van der Waals surface area contributed by atoms with E-state index in [-0.39, 0.29) is 5.60 Å². The van der Waals surface area contributed by atoms with E-state index in [0.29, 0.717) is 19.0 Å². The van der Waals surface area contributed by atoms with Gasteiger partial charge in [0.2, 0.25) is 11.7 Å². The van der Waals surface area contributed by atoms with Crippen LogP contribution in [0.1, 0.15) is 38.7 Å². The lowest BCUT2D eigenvalue weighted by molar-refractivity contribution is -0.224. The molecule has 5 heterocycles. The number of thiazole rings is 1. The second-order valence-corrected chi connectivity index (χ2v) is 10.5. The number of benzene rings is 1. The number of hydroxylamine groups is 2. The summed E-state index contributed by atoms with van der Waals surface area (Å²) in [6.07, 6.45) is 9.32. The maximum atomic E-state index is 6.70. The van der Waals surface area contributed by atoms with E-state index in [4.69, 9.17) is 25.0 Å². The van der Waals surface area contributed by atoms with Crippen LogP contribution in [0.3, 0.4) is 0 Å². The van der Waals surface area contributed by atoms with Gasteiger partial charge < -0.3 is 15.2 Å². The van der Waals surface area contributed by atoms with Crippen LogP contribution in [-0.4, -0.2) is 50.4 Å². The van der Waals surface area contributed by atoms with Gasteiger partial charge >= 0.3 is 0 Å². The Bertz CT molecular complexity index is 1240. The Labute approximate surface area is 195 Å². The third kappa shape index (κ3) is 3.40. The Balaban J connectivity index is 1.43. The van der Waals surface area contributed by atoms with Gasteiger partial charge in [-0.1, -0.05) is 11.3 Å². The van der Waals surface area contributed by atoms with Gasteiger partial charge in [0.1, 0.15) is 17.7 Å². The molecule has 3 aliphatic heterocycles. The molecule has 0 bridgehead atoms. The predicted octanol–water partition coefficient (Wildman–Crippen LogP) is 3.45. The summed E-state index contributed by atoms with van der Waals surface area (Å²) >= 11 is 1.59. The molecule has 2 unspecified atom stereocenters. The third-order valence-corrected chi connectivity index (χ3v) is 7.56. The first-order valence-electron chi connectivity index (χ1n) is 11.0. The highest BCUT2D eigenvalue weighted by Gasteiger charge is 2.57. The number of hydrogen-bond acceptors (Lipinski definition) is 9. The van der Waals surface area contributed by atoms with Crippen LogP contribution < -0.4 is 10.5 Å². The molecule has 1 fully saturated rings. The van der Waals surface area contributed by atoms with Crippen molar-refractivity contribution in [2.45, 2.75) is 50.0 Å². The zero-order valence-corrected chi connectivity index (χ0v) is 19.6. The fourth-order valence-electron chi connectivity index (χ4n) is 5.17. The highest BCUT2D eigenvalue weighted by Crippen LogP contribution is 2.54. The molecule has 0 amide bonds. The molecule has 33 heavy (non-hydrogen) atoms. The van der Waals surface area contributed by atoms with Gasteiger partial charge in [-0.15, -0.1) is 0 Å². The molecule has 3 aliphatic rings. The maximum absolute atomic E-state index is 6.70. The van der Waals surface area contributed by atoms with E-state index < -0.39 is 11.3 Å². The minimum atomic E-state index is -0.937. The second kappa shape index (κ2) is 7.02. The number of ether oxygens (including phenoxy) is 2. The summed E-state index contributed by atoms with van der Waals surface area (Å²) < 4.78 is 14.6. The van der Waals surface area contributed by atoms with Crippen LogP contribution in [0.4, 0.5) is 0 Å². The molecule has 0 saturated carbocycles. The van der Waals surface area contributed by atoms with Crippen molar-refractivity contribution in [3.05, 3.63) is 48.7 Å². The SMILES string of the molecule is CN1OC2(CC3(CCOC(C)(C)C3)Oc3ccc(-c4cnc(-n5ccnc5)s4)cc32)N=C1N. The summed E-state index contributed by atoms with van der Waals surface area (Å²) in [6, 6.07) is 6.17. The molecule has 1 saturated heterocycles. The largest absolute Gasteiger partial charge is 0.486 e. The molecule has 6 rings (SSSR count). The molecule has 2 aromatic heterocycles. The smallest absolute Gasteiger partial charge is 0.222 e. The van der Waals surface area contributed by atoms with Crippen molar-refractivity contribution >= 4 is 17.3 Å². The van der Waals surface area contributed by atoms with Crippen molar-refractivity contribution < 1.29 is 14.3 Å². The molecule has 3 aromatic rings. The van der Waals surface area contributed by atoms with Gasteiger partial charge in [0.05, 0.1) is 22.6 Å². The number of nitrogens with zero attached hydrogens (tertiary/aromatic N) is 5. The Morgan fingerprint density at radius 1 is 1.21 bits per heavy atom. The van der Waals surface area contributed by atoms with Crippen LogP contribution in [-0.2, 0) is 15.3 Å². The molecule has 172 valence electrons. The number of imidazole rings is 1. The van der Waals surface area contributed by atoms with Gasteiger partial charge in [-0.05, 0) is 37.6 Å². The van der Waals surface area contributed by atoms with Crippen molar-refractivity contribution in [1.82, 2.24) is 19.6 Å². The highest BCUT2D eigenvalue weighted by molar-refractivity contribution is 7.17. The Morgan fingerprint density at radius 3 is 2.82 bits per heavy atom. The van der Waals surface area contributed by atoms with Crippen LogP contribution in [0, 0.1) is 0 Å². The molecule has 0 radical (unpaired) electrons. The molecule has 9 nitrogen and oxygen atoms in total. The zero-order valence-electron chi connectivity index (χ0n) is 18.8. The first kappa shape index (κ1) is 20.6. The van der Waals surface area contributed by atoms with E-state index in [0.717, 1.165) is 39.7 Å². The first-order valence-corrected chi connectivity index (χ1v) is 11.8. The minimum absolute atomic E-state index is 0.289. The second-order valence-electron chi connectivity index (χ2n) is 9.53. The van der Waals surface area contributed by atoms with Crippen LogP contribution in [0.25, 0.3) is 15.6 Å². The van der Waals surface area contributed by atoms with E-state index in [2.05, 4.69) is 35.9 Å². The van der Waals surface area contributed by atoms with Crippen molar-refractivity contribution in [3.8, 4) is 21.3 Å².